The average Bonchev–Trinajstić information content (AvgIpc) is 3.21. The third-order valence-electron chi connectivity index (χ3n) is 4.66. The predicted octanol–water partition coefficient (Wildman–Crippen LogP) is 7.07. The van der Waals surface area contributed by atoms with Crippen molar-refractivity contribution in [2.24, 2.45) is 0 Å². The molecular weight excluding hydrogens is 505 g/mol. The van der Waals surface area contributed by atoms with Crippen LogP contribution in [0.4, 0.5) is 5.69 Å². The normalized spacial score (nSPS) is 12.0. The molecule has 0 spiro atoms. The summed E-state index contributed by atoms with van der Waals surface area (Å²) in [5.74, 6) is 2.74. The van der Waals surface area contributed by atoms with E-state index >= 15 is 0 Å². The summed E-state index contributed by atoms with van der Waals surface area (Å²) < 4.78 is 23.4. The topological polar surface area (TPSA) is 49.0 Å². The summed E-state index contributed by atoms with van der Waals surface area (Å²) in [5, 5.41) is 4.51. The highest BCUT2D eigenvalue weighted by molar-refractivity contribution is 9.10. The molecule has 0 fully saturated rings. The Bertz CT molecular complexity index is 1070. The van der Waals surface area contributed by atoms with Gasteiger partial charge in [0.1, 0.15) is 6.61 Å². The van der Waals surface area contributed by atoms with Crippen LogP contribution in [0.15, 0.2) is 53.0 Å². The summed E-state index contributed by atoms with van der Waals surface area (Å²) >= 11 is 16.1. The van der Waals surface area contributed by atoms with Crippen molar-refractivity contribution in [2.75, 3.05) is 18.7 Å². The Kier molecular flexibility index (Phi) is 7.00. The van der Waals surface area contributed by atoms with E-state index in [1.54, 1.807) is 18.2 Å². The van der Waals surface area contributed by atoms with E-state index in [1.807, 2.05) is 37.3 Å². The Hall–Kier alpha value is -2.28. The fourth-order valence-electron chi connectivity index (χ4n) is 3.15. The Morgan fingerprint density at radius 3 is 2.55 bits per heavy atom. The molecule has 0 amide bonds. The van der Waals surface area contributed by atoms with Crippen LogP contribution in [-0.4, -0.2) is 13.4 Å². The van der Waals surface area contributed by atoms with E-state index in [0.717, 1.165) is 32.8 Å². The molecule has 1 N–H and O–H groups in total. The fourth-order valence-corrected chi connectivity index (χ4v) is 4.26. The van der Waals surface area contributed by atoms with E-state index in [-0.39, 0.29) is 13.4 Å². The van der Waals surface area contributed by atoms with E-state index in [1.165, 1.54) is 0 Å². The van der Waals surface area contributed by atoms with Crippen molar-refractivity contribution in [3.63, 3.8) is 0 Å². The third-order valence-corrected chi connectivity index (χ3v) is 5.96. The number of anilines is 1. The van der Waals surface area contributed by atoms with Gasteiger partial charge in [-0.2, -0.15) is 0 Å². The lowest BCUT2D eigenvalue weighted by Crippen LogP contribution is -2.04. The lowest BCUT2D eigenvalue weighted by molar-refractivity contribution is 0.174. The molecule has 31 heavy (non-hydrogen) atoms. The van der Waals surface area contributed by atoms with Crippen molar-refractivity contribution < 1.29 is 18.9 Å². The van der Waals surface area contributed by atoms with Crippen molar-refractivity contribution in [1.82, 2.24) is 0 Å². The highest BCUT2D eigenvalue weighted by atomic mass is 79.9. The molecular formula is C23H20BrCl2NO4. The molecule has 162 valence electrons. The van der Waals surface area contributed by atoms with Gasteiger partial charge in [-0.1, -0.05) is 29.3 Å². The molecule has 8 heteroatoms. The second-order valence-corrected chi connectivity index (χ2v) is 8.42. The first-order chi connectivity index (χ1) is 15.0. The zero-order chi connectivity index (χ0) is 21.8. The molecule has 0 atom stereocenters. The first-order valence-corrected chi connectivity index (χ1v) is 11.2. The highest BCUT2D eigenvalue weighted by Gasteiger charge is 2.16. The second kappa shape index (κ2) is 9.90. The molecule has 0 bridgehead atoms. The largest absolute Gasteiger partial charge is 0.490 e. The van der Waals surface area contributed by atoms with Crippen molar-refractivity contribution in [1.29, 1.82) is 0 Å². The van der Waals surface area contributed by atoms with Crippen LogP contribution in [0.1, 0.15) is 18.1 Å². The Morgan fingerprint density at radius 1 is 1.00 bits per heavy atom. The number of nitrogens with one attached hydrogen (secondary N) is 1. The summed E-state index contributed by atoms with van der Waals surface area (Å²) in [6.07, 6.45) is 0. The Morgan fingerprint density at radius 2 is 1.77 bits per heavy atom. The average molecular weight is 525 g/mol. The number of rotatable bonds is 8. The zero-order valence-corrected chi connectivity index (χ0v) is 19.8. The van der Waals surface area contributed by atoms with Crippen LogP contribution in [0.3, 0.4) is 0 Å². The summed E-state index contributed by atoms with van der Waals surface area (Å²) in [5.41, 5.74) is 2.69. The van der Waals surface area contributed by atoms with Crippen LogP contribution in [0.2, 0.25) is 10.0 Å². The number of fused-ring (bicyclic) bond motifs is 1. The monoisotopic (exact) mass is 523 g/mol. The Labute approximate surface area is 199 Å². The van der Waals surface area contributed by atoms with Gasteiger partial charge in [-0.05, 0) is 64.8 Å². The first-order valence-electron chi connectivity index (χ1n) is 9.69. The van der Waals surface area contributed by atoms with Crippen LogP contribution < -0.4 is 24.3 Å². The van der Waals surface area contributed by atoms with Crippen molar-refractivity contribution in [3.8, 4) is 23.0 Å². The Balaban J connectivity index is 1.50. The molecule has 0 saturated carbocycles. The van der Waals surface area contributed by atoms with E-state index in [4.69, 9.17) is 42.1 Å². The smallest absolute Gasteiger partial charge is 0.231 e. The summed E-state index contributed by atoms with van der Waals surface area (Å²) in [7, 11) is 0. The summed E-state index contributed by atoms with van der Waals surface area (Å²) in [4.78, 5) is 0. The number of ether oxygens (including phenoxy) is 4. The molecule has 0 saturated heterocycles. The van der Waals surface area contributed by atoms with Gasteiger partial charge in [-0.25, -0.2) is 0 Å². The predicted molar refractivity (Wildman–Crippen MR) is 126 cm³/mol. The van der Waals surface area contributed by atoms with Gasteiger partial charge in [-0.15, -0.1) is 0 Å². The first kappa shape index (κ1) is 21.9. The zero-order valence-electron chi connectivity index (χ0n) is 16.7. The molecule has 0 radical (unpaired) electrons. The van der Waals surface area contributed by atoms with Crippen LogP contribution in [0.5, 0.6) is 23.0 Å². The van der Waals surface area contributed by atoms with E-state index in [9.17, 15) is 0 Å². The number of hydrogen-bond donors (Lipinski definition) is 1. The SMILES string of the molecule is CCOc1cc(CNc2ccc3c(c2)OCO3)cc(Br)c1OCc1c(Cl)cccc1Cl. The van der Waals surface area contributed by atoms with Gasteiger partial charge in [0.25, 0.3) is 0 Å². The molecule has 1 aliphatic heterocycles. The van der Waals surface area contributed by atoms with E-state index in [0.29, 0.717) is 34.7 Å². The lowest BCUT2D eigenvalue weighted by atomic mass is 10.2. The molecule has 5 nitrogen and oxygen atoms in total. The maximum Gasteiger partial charge on any atom is 0.231 e. The van der Waals surface area contributed by atoms with Crippen molar-refractivity contribution >= 4 is 44.8 Å². The molecule has 1 aliphatic rings. The molecule has 3 aromatic carbocycles. The van der Waals surface area contributed by atoms with Crippen molar-refractivity contribution in [2.45, 2.75) is 20.1 Å². The number of hydrogen-bond acceptors (Lipinski definition) is 5. The molecule has 3 aromatic rings. The van der Waals surface area contributed by atoms with Crippen LogP contribution >= 0.6 is 39.1 Å². The standard InChI is InChI=1S/C23H20BrCl2NO4/c1-2-28-22-9-14(11-27-15-6-7-20-21(10-15)31-13-30-20)8-17(24)23(22)29-12-16-18(25)4-3-5-19(16)26/h3-10,27H,2,11-13H2,1H3. The van der Waals surface area contributed by atoms with Crippen molar-refractivity contribution in [3.05, 3.63) is 74.2 Å². The number of benzene rings is 3. The van der Waals surface area contributed by atoms with Gasteiger partial charge in [0, 0.05) is 33.9 Å². The molecule has 4 rings (SSSR count). The van der Waals surface area contributed by atoms with Crippen LogP contribution in [0, 0.1) is 0 Å². The minimum absolute atomic E-state index is 0.228. The van der Waals surface area contributed by atoms with E-state index < -0.39 is 0 Å². The van der Waals surface area contributed by atoms with Gasteiger partial charge in [0.15, 0.2) is 23.0 Å². The van der Waals surface area contributed by atoms with Gasteiger partial charge in [-0.3, -0.25) is 0 Å². The van der Waals surface area contributed by atoms with Gasteiger partial charge >= 0.3 is 0 Å². The maximum absolute atomic E-state index is 6.26. The molecule has 0 aromatic heterocycles. The molecule has 0 aliphatic carbocycles. The van der Waals surface area contributed by atoms with Crippen LogP contribution in [-0.2, 0) is 13.2 Å². The quantitative estimate of drug-likeness (QED) is 0.341. The lowest BCUT2D eigenvalue weighted by Gasteiger charge is -2.17. The molecule has 1 heterocycles. The summed E-state index contributed by atoms with van der Waals surface area (Å²) in [6.45, 7) is 3.51. The minimum Gasteiger partial charge on any atom is -0.490 e. The van der Waals surface area contributed by atoms with Crippen LogP contribution in [0.25, 0.3) is 0 Å². The minimum atomic E-state index is 0.228. The molecule has 0 unspecified atom stereocenters. The fraction of sp³-hybridized carbons (Fsp3) is 0.217. The van der Waals surface area contributed by atoms with Gasteiger partial charge in [0.05, 0.1) is 11.1 Å². The summed E-state index contributed by atoms with van der Waals surface area (Å²) in [6, 6.07) is 15.1. The van der Waals surface area contributed by atoms with Gasteiger partial charge < -0.3 is 24.3 Å². The number of halogens is 3. The highest BCUT2D eigenvalue weighted by Crippen LogP contribution is 2.39. The maximum atomic E-state index is 6.26. The van der Waals surface area contributed by atoms with E-state index in [2.05, 4.69) is 21.2 Å². The third kappa shape index (κ3) is 5.14. The second-order valence-electron chi connectivity index (χ2n) is 6.75. The van der Waals surface area contributed by atoms with Gasteiger partial charge in [0.2, 0.25) is 6.79 Å².